The lowest BCUT2D eigenvalue weighted by molar-refractivity contribution is -0.145. The van der Waals surface area contributed by atoms with Crippen LogP contribution in [0.15, 0.2) is 36.4 Å². The quantitative estimate of drug-likeness (QED) is 0.906. The summed E-state index contributed by atoms with van der Waals surface area (Å²) in [5.74, 6) is -0.516. The van der Waals surface area contributed by atoms with Crippen molar-refractivity contribution in [2.75, 3.05) is 13.1 Å². The molecule has 0 aromatic heterocycles. The molecule has 3 rings (SSSR count). The molecule has 1 aliphatic rings. The highest BCUT2D eigenvalue weighted by molar-refractivity contribution is 5.87. The van der Waals surface area contributed by atoms with Crippen LogP contribution in [0.25, 0.3) is 10.8 Å². The van der Waals surface area contributed by atoms with E-state index in [1.807, 2.05) is 30.3 Å². The van der Waals surface area contributed by atoms with E-state index in [0.29, 0.717) is 12.3 Å². The first kappa shape index (κ1) is 13.9. The second-order valence-electron chi connectivity index (χ2n) is 5.87. The molecule has 0 spiro atoms. The maximum atomic E-state index is 11.0. The molecule has 1 saturated heterocycles. The number of phenolic OH excluding ortho intramolecular Hbond substituents is 1. The smallest absolute Gasteiger partial charge is 0.306 e. The highest BCUT2D eigenvalue weighted by Crippen LogP contribution is 2.32. The summed E-state index contributed by atoms with van der Waals surface area (Å²) in [5, 5.41) is 21.3. The normalized spacial score (nSPS) is 17.6. The molecule has 4 heteroatoms. The number of hydrogen-bond donors (Lipinski definition) is 2. The van der Waals surface area contributed by atoms with Crippen LogP contribution in [0.2, 0.25) is 0 Å². The van der Waals surface area contributed by atoms with E-state index in [4.69, 9.17) is 5.11 Å². The first-order valence-corrected chi connectivity index (χ1v) is 7.21. The molecule has 0 bridgehead atoms. The van der Waals surface area contributed by atoms with Crippen molar-refractivity contribution < 1.29 is 15.0 Å². The van der Waals surface area contributed by atoms with Crippen molar-refractivity contribution in [1.29, 1.82) is 0 Å². The van der Waals surface area contributed by atoms with Crippen molar-refractivity contribution >= 4 is 16.7 Å². The van der Waals surface area contributed by atoms with Crippen LogP contribution < -0.4 is 0 Å². The Kier molecular flexibility index (Phi) is 3.55. The summed E-state index contributed by atoms with van der Waals surface area (Å²) < 4.78 is 0. The van der Waals surface area contributed by atoms with Gasteiger partial charge < -0.3 is 10.2 Å². The van der Waals surface area contributed by atoms with E-state index in [9.17, 15) is 9.90 Å². The van der Waals surface area contributed by atoms with Gasteiger partial charge in [-0.2, -0.15) is 0 Å². The Labute approximate surface area is 123 Å². The number of nitrogens with zero attached hydrogens (tertiary/aromatic N) is 1. The number of aliphatic carboxylic acids is 1. The SMILES string of the molecule is CC(C(=O)O)C1CN(Cc2c(O)ccc3ccccc23)C1. The monoisotopic (exact) mass is 285 g/mol. The fourth-order valence-corrected chi connectivity index (χ4v) is 2.97. The van der Waals surface area contributed by atoms with Gasteiger partial charge in [0.25, 0.3) is 0 Å². The van der Waals surface area contributed by atoms with Crippen molar-refractivity contribution in [2.24, 2.45) is 11.8 Å². The Balaban J connectivity index is 1.75. The number of carbonyl (C=O) groups is 1. The van der Waals surface area contributed by atoms with Gasteiger partial charge in [0.1, 0.15) is 5.75 Å². The molecule has 110 valence electrons. The van der Waals surface area contributed by atoms with Crippen LogP contribution in [-0.4, -0.2) is 34.2 Å². The second kappa shape index (κ2) is 5.37. The summed E-state index contributed by atoms with van der Waals surface area (Å²) in [7, 11) is 0. The number of carboxylic acids is 1. The lowest BCUT2D eigenvalue weighted by atomic mass is 9.86. The molecule has 2 aromatic rings. The van der Waals surface area contributed by atoms with Crippen LogP contribution in [-0.2, 0) is 11.3 Å². The second-order valence-corrected chi connectivity index (χ2v) is 5.87. The van der Waals surface area contributed by atoms with Gasteiger partial charge in [-0.3, -0.25) is 9.69 Å². The Morgan fingerprint density at radius 2 is 2.00 bits per heavy atom. The zero-order chi connectivity index (χ0) is 15.0. The van der Waals surface area contributed by atoms with Gasteiger partial charge in [-0.15, -0.1) is 0 Å². The largest absolute Gasteiger partial charge is 0.508 e. The maximum Gasteiger partial charge on any atom is 0.306 e. The molecule has 0 radical (unpaired) electrons. The topological polar surface area (TPSA) is 60.8 Å². The van der Waals surface area contributed by atoms with Crippen molar-refractivity contribution in [3.63, 3.8) is 0 Å². The Bertz CT molecular complexity index is 677. The standard InChI is InChI=1S/C17H19NO3/c1-11(17(20)21)13-8-18(9-13)10-15-14-5-3-2-4-12(14)6-7-16(15)19/h2-7,11,13,19H,8-10H2,1H3,(H,20,21). The summed E-state index contributed by atoms with van der Waals surface area (Å²) in [6, 6.07) is 11.6. The molecular formula is C17H19NO3. The highest BCUT2D eigenvalue weighted by atomic mass is 16.4. The number of phenols is 1. The van der Waals surface area contributed by atoms with E-state index in [1.54, 1.807) is 13.0 Å². The van der Waals surface area contributed by atoms with Gasteiger partial charge in [0.2, 0.25) is 0 Å². The lowest BCUT2D eigenvalue weighted by Gasteiger charge is -2.41. The van der Waals surface area contributed by atoms with Crippen LogP contribution in [0.1, 0.15) is 12.5 Å². The molecule has 1 heterocycles. The van der Waals surface area contributed by atoms with Crippen LogP contribution >= 0.6 is 0 Å². The van der Waals surface area contributed by atoms with Crippen molar-refractivity contribution in [2.45, 2.75) is 13.5 Å². The van der Waals surface area contributed by atoms with Crippen LogP contribution in [0.5, 0.6) is 5.75 Å². The summed E-state index contributed by atoms with van der Waals surface area (Å²) in [6.07, 6.45) is 0. The predicted octanol–water partition coefficient (Wildman–Crippen LogP) is 2.70. The van der Waals surface area contributed by atoms with Gasteiger partial charge >= 0.3 is 5.97 Å². The first-order chi connectivity index (χ1) is 10.1. The number of fused-ring (bicyclic) bond motifs is 1. The van der Waals surface area contributed by atoms with Gasteiger partial charge in [0.15, 0.2) is 0 Å². The van der Waals surface area contributed by atoms with Gasteiger partial charge in [0.05, 0.1) is 5.92 Å². The van der Waals surface area contributed by atoms with Crippen LogP contribution in [0.3, 0.4) is 0 Å². The number of benzene rings is 2. The van der Waals surface area contributed by atoms with E-state index in [0.717, 1.165) is 29.4 Å². The van der Waals surface area contributed by atoms with E-state index in [1.165, 1.54) is 0 Å². The molecule has 0 saturated carbocycles. The molecule has 0 amide bonds. The number of rotatable bonds is 4. The number of aromatic hydroxyl groups is 1. The van der Waals surface area contributed by atoms with Gasteiger partial charge in [-0.1, -0.05) is 37.3 Å². The van der Waals surface area contributed by atoms with E-state index < -0.39 is 5.97 Å². The van der Waals surface area contributed by atoms with E-state index >= 15 is 0 Å². The van der Waals surface area contributed by atoms with E-state index in [2.05, 4.69) is 4.90 Å². The Morgan fingerprint density at radius 3 is 2.71 bits per heavy atom. The molecule has 2 N–H and O–H groups in total. The molecule has 2 aromatic carbocycles. The predicted molar refractivity (Wildman–Crippen MR) is 81.2 cm³/mol. The molecule has 1 fully saturated rings. The summed E-state index contributed by atoms with van der Waals surface area (Å²) in [4.78, 5) is 13.2. The average molecular weight is 285 g/mol. The minimum absolute atomic E-state index is 0.208. The fraction of sp³-hybridized carbons (Fsp3) is 0.353. The zero-order valence-corrected chi connectivity index (χ0v) is 12.0. The maximum absolute atomic E-state index is 11.0. The number of carboxylic acid groups (broad SMARTS) is 1. The Morgan fingerprint density at radius 1 is 1.29 bits per heavy atom. The zero-order valence-electron chi connectivity index (χ0n) is 12.0. The number of likely N-dealkylation sites (tertiary alicyclic amines) is 1. The molecule has 1 unspecified atom stereocenters. The molecule has 21 heavy (non-hydrogen) atoms. The fourth-order valence-electron chi connectivity index (χ4n) is 2.97. The third kappa shape index (κ3) is 2.59. The number of hydrogen-bond acceptors (Lipinski definition) is 3. The minimum atomic E-state index is -0.729. The molecule has 1 atom stereocenters. The summed E-state index contributed by atoms with van der Waals surface area (Å²) in [6.45, 7) is 3.97. The van der Waals surface area contributed by atoms with Crippen LogP contribution in [0, 0.1) is 11.8 Å². The third-order valence-electron chi connectivity index (χ3n) is 4.48. The minimum Gasteiger partial charge on any atom is -0.508 e. The van der Waals surface area contributed by atoms with Crippen molar-refractivity contribution in [3.8, 4) is 5.75 Å². The Hall–Kier alpha value is -2.07. The molecule has 0 aliphatic carbocycles. The van der Waals surface area contributed by atoms with Gasteiger partial charge in [-0.05, 0) is 22.8 Å². The highest BCUT2D eigenvalue weighted by Gasteiger charge is 2.34. The summed E-state index contributed by atoms with van der Waals surface area (Å²) >= 11 is 0. The first-order valence-electron chi connectivity index (χ1n) is 7.21. The lowest BCUT2D eigenvalue weighted by Crippen LogP contribution is -2.50. The van der Waals surface area contributed by atoms with Gasteiger partial charge in [-0.25, -0.2) is 0 Å². The molecular weight excluding hydrogens is 266 g/mol. The van der Waals surface area contributed by atoms with Crippen molar-refractivity contribution in [1.82, 2.24) is 4.90 Å². The van der Waals surface area contributed by atoms with E-state index in [-0.39, 0.29) is 11.8 Å². The van der Waals surface area contributed by atoms with Crippen LogP contribution in [0.4, 0.5) is 0 Å². The van der Waals surface area contributed by atoms with Gasteiger partial charge in [0, 0.05) is 25.2 Å². The summed E-state index contributed by atoms with van der Waals surface area (Å²) in [5.41, 5.74) is 0.925. The third-order valence-corrected chi connectivity index (χ3v) is 4.48. The molecule has 4 nitrogen and oxygen atoms in total. The molecule has 1 aliphatic heterocycles. The average Bonchev–Trinajstić information content (AvgIpc) is 2.43. The van der Waals surface area contributed by atoms with Crippen molar-refractivity contribution in [3.05, 3.63) is 42.0 Å².